The van der Waals surface area contributed by atoms with Gasteiger partial charge in [-0.25, -0.2) is 0 Å². The zero-order valence-corrected chi connectivity index (χ0v) is 17.6. The Bertz CT molecular complexity index is 391. The molecule has 1 radical (unpaired) electrons. The van der Waals surface area contributed by atoms with Crippen LogP contribution >= 0.6 is 0 Å². The van der Waals surface area contributed by atoms with Crippen LogP contribution in [-0.2, 0) is 9.59 Å². The third-order valence-electron chi connectivity index (χ3n) is 2.89. The first-order valence-electron chi connectivity index (χ1n) is 7.82. The van der Waals surface area contributed by atoms with Crippen LogP contribution in [0.3, 0.4) is 0 Å². The average molecular weight is 463 g/mol. The van der Waals surface area contributed by atoms with Crippen molar-refractivity contribution in [1.29, 1.82) is 0 Å². The van der Waals surface area contributed by atoms with E-state index >= 15 is 0 Å². The molecule has 0 saturated heterocycles. The smallest absolute Gasteiger partial charge is 0.142 e. The average Bonchev–Trinajstić information content (AvgIpc) is 2.39. The summed E-state index contributed by atoms with van der Waals surface area (Å²) in [5.74, 6) is 0. The van der Waals surface area contributed by atoms with Gasteiger partial charge in [0.25, 0.3) is 0 Å². The SMILES string of the molecule is CC(C)=CCC/C(C)=C\C=O.CC(C)=CCC/C(C)=C\C=O.[Tb]. The molecule has 0 bridgehead atoms. The molecule has 0 fully saturated rings. The normalized spacial score (nSPS) is 10.5. The van der Waals surface area contributed by atoms with Gasteiger partial charge >= 0.3 is 0 Å². The van der Waals surface area contributed by atoms with E-state index in [1.807, 2.05) is 13.8 Å². The quantitative estimate of drug-likeness (QED) is 0.261. The molecule has 3 heteroatoms. The Morgan fingerprint density at radius 3 is 1.17 bits per heavy atom. The molecule has 0 amide bonds. The van der Waals surface area contributed by atoms with E-state index < -0.39 is 0 Å². The van der Waals surface area contributed by atoms with Crippen LogP contribution < -0.4 is 0 Å². The monoisotopic (exact) mass is 463 g/mol. The van der Waals surface area contributed by atoms with Gasteiger partial charge in [0.05, 0.1) is 0 Å². The first kappa shape index (κ1) is 27.4. The van der Waals surface area contributed by atoms with Crippen molar-refractivity contribution < 1.29 is 48.2 Å². The molecule has 0 saturated carbocycles. The van der Waals surface area contributed by atoms with Gasteiger partial charge in [-0.3, -0.25) is 9.59 Å². The molecule has 0 aliphatic heterocycles. The Labute approximate surface area is 173 Å². The van der Waals surface area contributed by atoms with E-state index in [0.717, 1.165) is 49.4 Å². The zero-order valence-electron chi connectivity index (χ0n) is 15.4. The van der Waals surface area contributed by atoms with Gasteiger partial charge in [-0.2, -0.15) is 0 Å². The molecular formula is C20H32O2Tb. The summed E-state index contributed by atoms with van der Waals surface area (Å²) >= 11 is 0. The largest absolute Gasteiger partial charge is 0.299 e. The molecule has 0 unspecified atom stereocenters. The summed E-state index contributed by atoms with van der Waals surface area (Å²) < 4.78 is 0. The van der Waals surface area contributed by atoms with Crippen LogP contribution in [0.1, 0.15) is 67.2 Å². The molecule has 0 aromatic heterocycles. The molecule has 23 heavy (non-hydrogen) atoms. The number of allylic oxidation sites excluding steroid dienone is 8. The minimum absolute atomic E-state index is 0. The number of carbonyl (C=O) groups is 2. The van der Waals surface area contributed by atoms with Crippen molar-refractivity contribution in [3.05, 3.63) is 46.6 Å². The van der Waals surface area contributed by atoms with Crippen LogP contribution in [0.2, 0.25) is 0 Å². The predicted molar refractivity (Wildman–Crippen MR) is 97.0 cm³/mol. The van der Waals surface area contributed by atoms with Gasteiger partial charge in [0.2, 0.25) is 0 Å². The second-order valence-corrected chi connectivity index (χ2v) is 5.94. The van der Waals surface area contributed by atoms with Gasteiger partial charge < -0.3 is 0 Å². The number of hydrogen-bond acceptors (Lipinski definition) is 2. The molecule has 0 heterocycles. The van der Waals surface area contributed by atoms with Gasteiger partial charge in [-0.05, 0) is 79.4 Å². The summed E-state index contributed by atoms with van der Waals surface area (Å²) in [7, 11) is 0. The number of rotatable bonds is 8. The fraction of sp³-hybridized carbons (Fsp3) is 0.500. The molecule has 0 aromatic rings. The topological polar surface area (TPSA) is 34.1 Å². The Kier molecular flexibility index (Phi) is 23.4. The van der Waals surface area contributed by atoms with Gasteiger partial charge in [0.1, 0.15) is 12.6 Å². The maximum Gasteiger partial charge on any atom is 0.142 e. The van der Waals surface area contributed by atoms with Crippen molar-refractivity contribution in [1.82, 2.24) is 0 Å². The first-order chi connectivity index (χ1) is 10.3. The Morgan fingerprint density at radius 2 is 0.957 bits per heavy atom. The third-order valence-corrected chi connectivity index (χ3v) is 2.89. The molecule has 0 aliphatic rings. The van der Waals surface area contributed by atoms with E-state index in [-0.39, 0.29) is 38.6 Å². The van der Waals surface area contributed by atoms with Crippen molar-refractivity contribution in [2.75, 3.05) is 0 Å². The zero-order chi connectivity index (χ0) is 17.4. The Hall–Kier alpha value is -0.414. The molecule has 0 N–H and O–H groups in total. The summed E-state index contributed by atoms with van der Waals surface area (Å²) in [5.41, 5.74) is 4.97. The van der Waals surface area contributed by atoms with Gasteiger partial charge in [-0.15, -0.1) is 0 Å². The minimum Gasteiger partial charge on any atom is -0.299 e. The van der Waals surface area contributed by atoms with Crippen LogP contribution in [0.25, 0.3) is 0 Å². The van der Waals surface area contributed by atoms with Gasteiger partial charge in [-0.1, -0.05) is 34.4 Å². The summed E-state index contributed by atoms with van der Waals surface area (Å²) in [6.07, 6.45) is 13.4. The van der Waals surface area contributed by atoms with E-state index in [0.29, 0.717) is 0 Å². The van der Waals surface area contributed by atoms with Crippen LogP contribution in [0, 0.1) is 38.6 Å². The van der Waals surface area contributed by atoms with E-state index in [1.165, 1.54) is 11.1 Å². The number of hydrogen-bond donors (Lipinski definition) is 0. The molecule has 0 aromatic carbocycles. The second-order valence-electron chi connectivity index (χ2n) is 5.94. The maximum atomic E-state index is 10.0. The van der Waals surface area contributed by atoms with Gasteiger partial charge in [0.15, 0.2) is 0 Å². The second kappa shape index (κ2) is 19.6. The van der Waals surface area contributed by atoms with Crippen LogP contribution in [0.5, 0.6) is 0 Å². The molecular weight excluding hydrogens is 431 g/mol. The summed E-state index contributed by atoms with van der Waals surface area (Å²) in [5, 5.41) is 0. The number of carbonyl (C=O) groups excluding carboxylic acids is 2. The molecule has 0 atom stereocenters. The molecule has 0 spiro atoms. The Morgan fingerprint density at radius 1 is 0.652 bits per heavy atom. The molecule has 133 valence electrons. The standard InChI is InChI=1S/2C10H16O.Tb/c2*1-9(2)5-4-6-10(3)7-8-11;/h2*5,7-8H,4,6H2,1-3H3;/b2*10-7-;. The van der Waals surface area contributed by atoms with Crippen LogP contribution in [0.4, 0.5) is 0 Å². The van der Waals surface area contributed by atoms with E-state index in [4.69, 9.17) is 0 Å². The predicted octanol–water partition coefficient (Wildman–Crippen LogP) is 5.76. The van der Waals surface area contributed by atoms with Crippen molar-refractivity contribution in [3.63, 3.8) is 0 Å². The van der Waals surface area contributed by atoms with Crippen LogP contribution in [-0.4, -0.2) is 12.6 Å². The maximum absolute atomic E-state index is 10.0. The Balaban J connectivity index is -0.000000333. The van der Waals surface area contributed by atoms with Crippen molar-refractivity contribution in [2.45, 2.75) is 67.2 Å². The van der Waals surface area contributed by atoms with E-state index in [9.17, 15) is 9.59 Å². The fourth-order valence-corrected chi connectivity index (χ4v) is 1.58. The fourth-order valence-electron chi connectivity index (χ4n) is 1.58. The van der Waals surface area contributed by atoms with Crippen molar-refractivity contribution in [3.8, 4) is 0 Å². The van der Waals surface area contributed by atoms with Crippen LogP contribution in [0.15, 0.2) is 46.6 Å². The van der Waals surface area contributed by atoms with Gasteiger partial charge in [0, 0.05) is 38.6 Å². The summed E-state index contributed by atoms with van der Waals surface area (Å²) in [4.78, 5) is 20.0. The summed E-state index contributed by atoms with van der Waals surface area (Å²) in [6.45, 7) is 12.3. The molecule has 0 aliphatic carbocycles. The van der Waals surface area contributed by atoms with Crippen molar-refractivity contribution >= 4 is 12.6 Å². The first-order valence-corrected chi connectivity index (χ1v) is 7.82. The molecule has 2 nitrogen and oxygen atoms in total. The van der Waals surface area contributed by atoms with E-state index in [1.54, 1.807) is 12.2 Å². The van der Waals surface area contributed by atoms with Crippen molar-refractivity contribution in [2.24, 2.45) is 0 Å². The summed E-state index contributed by atoms with van der Waals surface area (Å²) in [6, 6.07) is 0. The molecule has 0 rings (SSSR count). The minimum atomic E-state index is 0. The van der Waals surface area contributed by atoms with E-state index in [2.05, 4.69) is 39.8 Å². The number of aldehydes is 2. The third kappa shape index (κ3) is 26.8.